The Balaban J connectivity index is 1.49. The minimum Gasteiger partial charge on any atom is -0.340 e. The van der Waals surface area contributed by atoms with Crippen molar-refractivity contribution in [3.05, 3.63) is 59.2 Å². The Morgan fingerprint density at radius 3 is 2.92 bits per heavy atom. The number of nitrogens with one attached hydrogen (secondary N) is 1. The van der Waals surface area contributed by atoms with Gasteiger partial charge < -0.3 is 10.2 Å². The van der Waals surface area contributed by atoms with Gasteiger partial charge in [-0.05, 0) is 29.3 Å². The minimum absolute atomic E-state index is 0.0978. The third kappa shape index (κ3) is 2.98. The van der Waals surface area contributed by atoms with E-state index < -0.39 is 6.04 Å². The van der Waals surface area contributed by atoms with Crippen molar-refractivity contribution in [2.75, 3.05) is 7.05 Å². The molecular formula is C18H16N4O2S. The molecule has 1 aliphatic rings. The lowest BCUT2D eigenvalue weighted by Crippen LogP contribution is -2.51. The molecule has 0 bridgehead atoms. The maximum atomic E-state index is 12.8. The molecule has 6 nitrogen and oxygen atoms in total. The van der Waals surface area contributed by atoms with Gasteiger partial charge in [-0.3, -0.25) is 9.59 Å². The maximum absolute atomic E-state index is 12.8. The Labute approximate surface area is 148 Å². The lowest BCUT2D eigenvalue weighted by Gasteiger charge is -2.28. The zero-order valence-corrected chi connectivity index (χ0v) is 14.4. The Bertz CT molecular complexity index is 968. The molecule has 2 aromatic carbocycles. The number of hydrogen-bond donors (Lipinski definition) is 1. The number of carbonyl (C=O) groups excluding carboxylic acids is 2. The third-order valence-electron chi connectivity index (χ3n) is 4.40. The number of carbonyl (C=O) groups is 2. The van der Waals surface area contributed by atoms with Gasteiger partial charge in [-0.1, -0.05) is 24.3 Å². The van der Waals surface area contributed by atoms with Crippen molar-refractivity contribution in [1.82, 2.24) is 19.0 Å². The smallest absolute Gasteiger partial charge is 0.252 e. The highest BCUT2D eigenvalue weighted by Crippen LogP contribution is 2.19. The summed E-state index contributed by atoms with van der Waals surface area (Å²) in [4.78, 5) is 26.6. The maximum Gasteiger partial charge on any atom is 0.252 e. The van der Waals surface area contributed by atoms with E-state index in [9.17, 15) is 9.59 Å². The van der Waals surface area contributed by atoms with Gasteiger partial charge in [-0.15, -0.1) is 0 Å². The van der Waals surface area contributed by atoms with Crippen molar-refractivity contribution in [3.63, 3.8) is 0 Å². The third-order valence-corrected chi connectivity index (χ3v) is 4.96. The lowest BCUT2D eigenvalue weighted by molar-refractivity contribution is -0.132. The van der Waals surface area contributed by atoms with Crippen molar-refractivity contribution in [1.29, 1.82) is 0 Å². The normalized spacial score (nSPS) is 16.4. The minimum atomic E-state index is -0.530. The van der Waals surface area contributed by atoms with Crippen LogP contribution < -0.4 is 5.32 Å². The van der Waals surface area contributed by atoms with E-state index >= 15 is 0 Å². The van der Waals surface area contributed by atoms with Gasteiger partial charge in [-0.25, -0.2) is 0 Å². The van der Waals surface area contributed by atoms with Crippen LogP contribution in [-0.2, 0) is 17.8 Å². The van der Waals surface area contributed by atoms with Gasteiger partial charge in [0, 0.05) is 25.6 Å². The molecule has 2 amide bonds. The van der Waals surface area contributed by atoms with Crippen LogP contribution >= 0.6 is 11.7 Å². The average Bonchev–Trinajstić information content (AvgIpc) is 3.08. The number of fused-ring (bicyclic) bond motifs is 2. The highest BCUT2D eigenvalue weighted by molar-refractivity contribution is 7.00. The van der Waals surface area contributed by atoms with E-state index in [1.54, 1.807) is 18.0 Å². The van der Waals surface area contributed by atoms with Crippen LogP contribution in [0, 0.1) is 0 Å². The highest BCUT2D eigenvalue weighted by atomic mass is 32.1. The van der Waals surface area contributed by atoms with E-state index in [1.807, 2.05) is 36.4 Å². The average molecular weight is 352 g/mol. The molecule has 25 heavy (non-hydrogen) atoms. The first-order chi connectivity index (χ1) is 12.1. The largest absolute Gasteiger partial charge is 0.340 e. The van der Waals surface area contributed by atoms with Crippen LogP contribution in [0.4, 0.5) is 0 Å². The first kappa shape index (κ1) is 15.7. The van der Waals surface area contributed by atoms with Crippen LogP contribution in [0.1, 0.15) is 21.5 Å². The fraction of sp³-hybridized carbons (Fsp3) is 0.222. The molecule has 0 radical (unpaired) electrons. The molecule has 0 saturated heterocycles. The molecule has 3 aromatic rings. The Morgan fingerprint density at radius 2 is 2.04 bits per heavy atom. The number of aromatic nitrogens is 2. The molecule has 126 valence electrons. The zero-order chi connectivity index (χ0) is 17.4. The van der Waals surface area contributed by atoms with Crippen LogP contribution in [0.25, 0.3) is 11.0 Å². The number of likely N-dealkylation sites (N-methyl/N-ethyl adjacent to an activating group) is 1. The second-order valence-electron chi connectivity index (χ2n) is 6.17. The van der Waals surface area contributed by atoms with E-state index in [2.05, 4.69) is 14.1 Å². The van der Waals surface area contributed by atoms with Crippen LogP contribution in [0.3, 0.4) is 0 Å². The van der Waals surface area contributed by atoms with Gasteiger partial charge in [-0.2, -0.15) is 8.75 Å². The summed E-state index contributed by atoms with van der Waals surface area (Å²) < 4.78 is 8.41. The summed E-state index contributed by atoms with van der Waals surface area (Å²) in [5.41, 5.74) is 4.24. The Kier molecular flexibility index (Phi) is 3.93. The second kappa shape index (κ2) is 6.25. The van der Waals surface area contributed by atoms with Gasteiger partial charge in [0.1, 0.15) is 17.1 Å². The molecule has 4 rings (SSSR count). The summed E-state index contributed by atoms with van der Waals surface area (Å²) in [6.07, 6.45) is 0.514. The lowest BCUT2D eigenvalue weighted by atomic mass is 9.94. The molecule has 0 spiro atoms. The molecular weight excluding hydrogens is 336 g/mol. The monoisotopic (exact) mass is 352 g/mol. The highest BCUT2D eigenvalue weighted by Gasteiger charge is 2.30. The molecule has 1 aromatic heterocycles. The van der Waals surface area contributed by atoms with E-state index in [-0.39, 0.29) is 11.8 Å². The Hall–Kier alpha value is -2.80. The first-order valence-electron chi connectivity index (χ1n) is 7.97. The summed E-state index contributed by atoms with van der Waals surface area (Å²) in [6.45, 7) is 0.459. The quantitative estimate of drug-likeness (QED) is 0.782. The summed E-state index contributed by atoms with van der Waals surface area (Å²) in [6, 6.07) is 12.7. The zero-order valence-electron chi connectivity index (χ0n) is 13.6. The molecule has 7 heteroatoms. The van der Waals surface area contributed by atoms with Gasteiger partial charge in [0.05, 0.1) is 11.7 Å². The summed E-state index contributed by atoms with van der Waals surface area (Å²) in [5, 5.41) is 2.81. The standard InChI is InChI=1S/C18H16N4O2S/c1-22(10-11-6-7-14-15(8-11)21-25-20-14)18(24)16-9-12-4-2-3-5-13(12)17(23)19-16/h2-8,16H,9-10H2,1H3,(H,19,23)/t16-/m0/s1. The van der Waals surface area contributed by atoms with E-state index in [0.717, 1.165) is 22.2 Å². The topological polar surface area (TPSA) is 75.2 Å². The molecule has 2 heterocycles. The van der Waals surface area contributed by atoms with Gasteiger partial charge in [0.2, 0.25) is 5.91 Å². The number of hydrogen-bond acceptors (Lipinski definition) is 5. The van der Waals surface area contributed by atoms with Crippen molar-refractivity contribution < 1.29 is 9.59 Å². The molecule has 0 saturated carbocycles. The van der Waals surface area contributed by atoms with Crippen LogP contribution in [-0.4, -0.2) is 38.6 Å². The predicted octanol–water partition coefficient (Wildman–Crippen LogP) is 2.00. The number of benzene rings is 2. The van der Waals surface area contributed by atoms with Crippen LogP contribution in [0.2, 0.25) is 0 Å². The van der Waals surface area contributed by atoms with E-state index in [0.29, 0.717) is 18.5 Å². The fourth-order valence-electron chi connectivity index (χ4n) is 3.12. The molecule has 1 N–H and O–H groups in total. The number of amides is 2. The van der Waals surface area contributed by atoms with Gasteiger partial charge >= 0.3 is 0 Å². The van der Waals surface area contributed by atoms with E-state index in [1.165, 1.54) is 11.7 Å². The first-order valence-corrected chi connectivity index (χ1v) is 8.70. The molecule has 0 fully saturated rings. The fourth-order valence-corrected chi connectivity index (χ4v) is 3.64. The van der Waals surface area contributed by atoms with Crippen molar-refractivity contribution in [2.24, 2.45) is 0 Å². The number of rotatable bonds is 3. The summed E-state index contributed by atoms with van der Waals surface area (Å²) >= 11 is 1.18. The van der Waals surface area contributed by atoms with E-state index in [4.69, 9.17) is 0 Å². The summed E-state index contributed by atoms with van der Waals surface area (Å²) in [7, 11) is 1.75. The SMILES string of the molecule is CN(Cc1ccc2nsnc2c1)C(=O)[C@@H]1Cc2ccccc2C(=O)N1. The Morgan fingerprint density at radius 1 is 1.24 bits per heavy atom. The van der Waals surface area contributed by atoms with Crippen LogP contribution in [0.15, 0.2) is 42.5 Å². The van der Waals surface area contributed by atoms with Gasteiger partial charge in [0.15, 0.2) is 0 Å². The van der Waals surface area contributed by atoms with Crippen molar-refractivity contribution in [3.8, 4) is 0 Å². The van der Waals surface area contributed by atoms with Gasteiger partial charge in [0.25, 0.3) is 5.91 Å². The van der Waals surface area contributed by atoms with Crippen LogP contribution in [0.5, 0.6) is 0 Å². The second-order valence-corrected chi connectivity index (χ2v) is 6.70. The molecule has 0 aliphatic carbocycles. The van der Waals surface area contributed by atoms with Crippen molar-refractivity contribution >= 4 is 34.6 Å². The number of nitrogens with zero attached hydrogens (tertiary/aromatic N) is 3. The molecule has 1 atom stereocenters. The predicted molar refractivity (Wildman–Crippen MR) is 95.3 cm³/mol. The van der Waals surface area contributed by atoms with Crippen molar-refractivity contribution in [2.45, 2.75) is 19.0 Å². The molecule has 1 aliphatic heterocycles. The molecule has 0 unspecified atom stereocenters. The summed E-state index contributed by atoms with van der Waals surface area (Å²) in [5.74, 6) is -0.289.